The molecule has 2 aromatic heterocycles. The van der Waals surface area contributed by atoms with Gasteiger partial charge in [-0.1, -0.05) is 19.3 Å². The van der Waals surface area contributed by atoms with Crippen LogP contribution in [0.1, 0.15) is 51.4 Å². The molecule has 0 radical (unpaired) electrons. The number of carbonyl (C=O) groups excluding carboxylic acids is 1. The van der Waals surface area contributed by atoms with Gasteiger partial charge in [0.05, 0.1) is 11.0 Å². The number of fused-ring (bicyclic) bond motifs is 3. The Kier molecular flexibility index (Phi) is 7.25. The molecular weight excluding hydrogens is 407 g/mol. The highest BCUT2D eigenvalue weighted by Gasteiger charge is 2.17. The molecule has 6 nitrogen and oxygen atoms in total. The minimum absolute atomic E-state index is 0.00220. The fourth-order valence-electron chi connectivity index (χ4n) is 4.90. The number of carbonyl (C=O) groups is 1. The predicted molar refractivity (Wildman–Crippen MR) is 125 cm³/mol. The SMILES string of the molecule is CN(CCCNC(=O)CCCn1c(=O)c2cccn2c2ccc(F)cc21)C1CCCCC1. The lowest BCUT2D eigenvalue weighted by atomic mass is 9.94. The normalized spacial score (nSPS) is 15.1. The topological polar surface area (TPSA) is 58.8 Å². The Morgan fingerprint density at radius 3 is 2.75 bits per heavy atom. The second-order valence-electron chi connectivity index (χ2n) is 8.93. The van der Waals surface area contributed by atoms with Gasteiger partial charge in [0.25, 0.3) is 5.56 Å². The molecule has 172 valence electrons. The van der Waals surface area contributed by atoms with Gasteiger partial charge in [-0.15, -0.1) is 0 Å². The Morgan fingerprint density at radius 2 is 1.94 bits per heavy atom. The van der Waals surface area contributed by atoms with Crippen molar-refractivity contribution in [1.82, 2.24) is 19.2 Å². The number of amides is 1. The second-order valence-corrected chi connectivity index (χ2v) is 8.93. The van der Waals surface area contributed by atoms with E-state index in [2.05, 4.69) is 17.3 Å². The van der Waals surface area contributed by atoms with E-state index in [-0.39, 0.29) is 17.3 Å². The summed E-state index contributed by atoms with van der Waals surface area (Å²) in [6, 6.07) is 8.73. The van der Waals surface area contributed by atoms with Crippen LogP contribution < -0.4 is 10.9 Å². The van der Waals surface area contributed by atoms with E-state index in [9.17, 15) is 14.0 Å². The Balaban J connectivity index is 1.28. The van der Waals surface area contributed by atoms with Crippen molar-refractivity contribution in [2.75, 3.05) is 20.1 Å². The molecule has 4 rings (SSSR count). The van der Waals surface area contributed by atoms with Gasteiger partial charge < -0.3 is 19.2 Å². The lowest BCUT2D eigenvalue weighted by Crippen LogP contribution is -2.35. The summed E-state index contributed by atoms with van der Waals surface area (Å²) in [4.78, 5) is 27.6. The maximum absolute atomic E-state index is 13.9. The fourth-order valence-corrected chi connectivity index (χ4v) is 4.90. The number of aromatic nitrogens is 2. The molecule has 1 N–H and O–H groups in total. The van der Waals surface area contributed by atoms with Crippen LogP contribution in [0.2, 0.25) is 0 Å². The monoisotopic (exact) mass is 440 g/mol. The van der Waals surface area contributed by atoms with Crippen LogP contribution in [0.25, 0.3) is 16.6 Å². The van der Waals surface area contributed by atoms with Crippen LogP contribution in [-0.4, -0.2) is 46.0 Å². The maximum Gasteiger partial charge on any atom is 0.275 e. The van der Waals surface area contributed by atoms with E-state index in [1.54, 1.807) is 27.3 Å². The van der Waals surface area contributed by atoms with Crippen LogP contribution in [0, 0.1) is 5.82 Å². The zero-order valence-electron chi connectivity index (χ0n) is 18.9. The van der Waals surface area contributed by atoms with Crippen molar-refractivity contribution in [3.8, 4) is 0 Å². The summed E-state index contributed by atoms with van der Waals surface area (Å²) in [5.74, 6) is -0.384. The van der Waals surface area contributed by atoms with Crippen molar-refractivity contribution in [2.45, 2.75) is 64.0 Å². The molecule has 3 aromatic rings. The number of hydrogen-bond donors (Lipinski definition) is 1. The van der Waals surface area contributed by atoms with Crippen LogP contribution in [0.5, 0.6) is 0 Å². The number of hydrogen-bond acceptors (Lipinski definition) is 3. The van der Waals surface area contributed by atoms with Crippen LogP contribution in [0.4, 0.5) is 4.39 Å². The largest absolute Gasteiger partial charge is 0.356 e. The number of rotatable bonds is 9. The lowest BCUT2D eigenvalue weighted by molar-refractivity contribution is -0.121. The van der Waals surface area contributed by atoms with Crippen LogP contribution >= 0.6 is 0 Å². The van der Waals surface area contributed by atoms with E-state index >= 15 is 0 Å². The van der Waals surface area contributed by atoms with Crippen molar-refractivity contribution >= 4 is 22.5 Å². The Hall–Kier alpha value is -2.67. The third-order valence-electron chi connectivity index (χ3n) is 6.69. The summed E-state index contributed by atoms with van der Waals surface area (Å²) >= 11 is 0. The van der Waals surface area contributed by atoms with Gasteiger partial charge in [0.1, 0.15) is 11.3 Å². The second kappa shape index (κ2) is 10.3. The molecule has 1 aliphatic carbocycles. The Morgan fingerprint density at radius 1 is 1.12 bits per heavy atom. The first kappa shape index (κ1) is 22.5. The third kappa shape index (κ3) is 5.04. The van der Waals surface area contributed by atoms with Crippen molar-refractivity contribution in [1.29, 1.82) is 0 Å². The lowest BCUT2D eigenvalue weighted by Gasteiger charge is -2.31. The van der Waals surface area contributed by atoms with E-state index in [4.69, 9.17) is 0 Å². The average molecular weight is 441 g/mol. The molecular formula is C25H33FN4O2. The first-order chi connectivity index (χ1) is 15.5. The molecule has 0 bridgehead atoms. The molecule has 7 heteroatoms. The molecule has 1 aromatic carbocycles. The van der Waals surface area contributed by atoms with E-state index < -0.39 is 0 Å². The summed E-state index contributed by atoms with van der Waals surface area (Å²) in [6.45, 7) is 2.04. The van der Waals surface area contributed by atoms with E-state index in [0.717, 1.165) is 18.5 Å². The van der Waals surface area contributed by atoms with Crippen LogP contribution in [-0.2, 0) is 11.3 Å². The van der Waals surface area contributed by atoms with Crippen LogP contribution in [0.15, 0.2) is 41.3 Å². The van der Waals surface area contributed by atoms with Gasteiger partial charge in [0.2, 0.25) is 5.91 Å². The van der Waals surface area contributed by atoms with E-state index in [1.165, 1.54) is 44.2 Å². The van der Waals surface area contributed by atoms with Crippen molar-refractivity contribution in [2.24, 2.45) is 0 Å². The number of aryl methyl sites for hydroxylation is 1. The quantitative estimate of drug-likeness (QED) is 0.513. The van der Waals surface area contributed by atoms with Gasteiger partial charge in [-0.05, 0) is 69.6 Å². The first-order valence-electron chi connectivity index (χ1n) is 11.8. The number of nitrogens with one attached hydrogen (secondary N) is 1. The minimum Gasteiger partial charge on any atom is -0.356 e. The van der Waals surface area contributed by atoms with Gasteiger partial charge in [-0.3, -0.25) is 9.59 Å². The highest BCUT2D eigenvalue weighted by Crippen LogP contribution is 2.21. The maximum atomic E-state index is 13.9. The number of nitrogens with zero attached hydrogens (tertiary/aromatic N) is 3. The summed E-state index contributed by atoms with van der Waals surface area (Å²) < 4.78 is 17.2. The molecule has 32 heavy (non-hydrogen) atoms. The predicted octanol–water partition coefficient (Wildman–Crippen LogP) is 3.94. The van der Waals surface area contributed by atoms with E-state index in [1.807, 2.05) is 6.07 Å². The Bertz CT molecular complexity index is 1130. The van der Waals surface area contributed by atoms with Crippen molar-refractivity contribution < 1.29 is 9.18 Å². The molecule has 1 aliphatic rings. The third-order valence-corrected chi connectivity index (χ3v) is 6.69. The summed E-state index contributed by atoms with van der Waals surface area (Å²) in [5.41, 5.74) is 1.71. The molecule has 0 atom stereocenters. The summed E-state index contributed by atoms with van der Waals surface area (Å²) in [6.07, 6.45) is 10.2. The Labute approximate surface area is 188 Å². The highest BCUT2D eigenvalue weighted by atomic mass is 19.1. The van der Waals surface area contributed by atoms with Gasteiger partial charge in [-0.2, -0.15) is 0 Å². The average Bonchev–Trinajstić information content (AvgIpc) is 3.29. The number of benzene rings is 1. The first-order valence-corrected chi connectivity index (χ1v) is 11.8. The van der Waals surface area contributed by atoms with Gasteiger partial charge >= 0.3 is 0 Å². The van der Waals surface area contributed by atoms with Gasteiger partial charge in [0, 0.05) is 31.7 Å². The standard InChI is InChI=1S/C25H33FN4O2/c1-28(20-8-3-2-4-9-20)15-7-14-27-24(31)11-6-17-30-23-18-19(26)12-13-21(23)29-16-5-10-22(29)25(30)32/h5,10,12-13,16,18,20H,2-4,6-9,11,14-15,17H2,1H3,(H,27,31). The minimum atomic E-state index is -0.381. The molecule has 0 saturated heterocycles. The molecule has 1 fully saturated rings. The summed E-state index contributed by atoms with van der Waals surface area (Å²) in [5, 5.41) is 3.00. The zero-order chi connectivity index (χ0) is 22.5. The number of halogens is 1. The van der Waals surface area contributed by atoms with Gasteiger partial charge in [-0.25, -0.2) is 4.39 Å². The highest BCUT2D eigenvalue weighted by molar-refractivity contribution is 5.79. The molecule has 0 unspecified atom stereocenters. The smallest absolute Gasteiger partial charge is 0.275 e. The molecule has 2 heterocycles. The molecule has 1 saturated carbocycles. The zero-order valence-corrected chi connectivity index (χ0v) is 18.9. The van der Waals surface area contributed by atoms with E-state index in [0.29, 0.717) is 43.0 Å². The van der Waals surface area contributed by atoms with Crippen molar-refractivity contribution in [3.63, 3.8) is 0 Å². The van der Waals surface area contributed by atoms with Crippen LogP contribution in [0.3, 0.4) is 0 Å². The molecule has 0 spiro atoms. The summed E-state index contributed by atoms with van der Waals surface area (Å²) in [7, 11) is 2.19. The van der Waals surface area contributed by atoms with Crippen molar-refractivity contribution in [3.05, 3.63) is 52.7 Å². The fraction of sp³-hybridized carbons (Fsp3) is 0.520. The van der Waals surface area contributed by atoms with Gasteiger partial charge in [0.15, 0.2) is 0 Å². The molecule has 0 aliphatic heterocycles. The molecule has 1 amide bonds.